The summed E-state index contributed by atoms with van der Waals surface area (Å²) in [4.78, 5) is 0. The minimum Gasteiger partial charge on any atom is -0.497 e. The number of hydrogen-bond donors (Lipinski definition) is 1. The topological polar surface area (TPSA) is 55.4 Å². The monoisotopic (exact) mass is 307 g/mol. The van der Waals surface area contributed by atoms with Gasteiger partial charge in [0.05, 0.1) is 18.0 Å². The first-order chi connectivity index (χ1) is 7.35. The highest BCUT2D eigenvalue weighted by Crippen LogP contribution is 2.25. The summed E-state index contributed by atoms with van der Waals surface area (Å²) in [6.45, 7) is 3.25. The summed E-state index contributed by atoms with van der Waals surface area (Å²) in [5, 5.41) is -0.475. The standard InChI is InChI=1S/C10H14BrNO3S/c1-7(2)16(13,14)12-9-4-8(11)5-10(6-9)15-3/h4-7,12H,1-3H3. The Morgan fingerprint density at radius 3 is 2.44 bits per heavy atom. The number of benzene rings is 1. The molecule has 0 atom stereocenters. The van der Waals surface area contributed by atoms with Gasteiger partial charge in [0, 0.05) is 10.5 Å². The molecule has 0 aliphatic heterocycles. The van der Waals surface area contributed by atoms with Crippen molar-refractivity contribution >= 4 is 31.6 Å². The highest BCUT2D eigenvalue weighted by molar-refractivity contribution is 9.10. The lowest BCUT2D eigenvalue weighted by Crippen LogP contribution is -2.22. The van der Waals surface area contributed by atoms with Crippen LogP contribution in [0.4, 0.5) is 5.69 Å². The van der Waals surface area contributed by atoms with Gasteiger partial charge in [0.25, 0.3) is 0 Å². The van der Waals surface area contributed by atoms with E-state index in [2.05, 4.69) is 20.7 Å². The van der Waals surface area contributed by atoms with Crippen molar-refractivity contribution in [3.05, 3.63) is 22.7 Å². The van der Waals surface area contributed by atoms with Crippen LogP contribution in [0.25, 0.3) is 0 Å². The second-order valence-electron chi connectivity index (χ2n) is 3.58. The van der Waals surface area contributed by atoms with Gasteiger partial charge in [-0.25, -0.2) is 8.42 Å². The van der Waals surface area contributed by atoms with Crippen molar-refractivity contribution in [3.8, 4) is 5.75 Å². The molecule has 0 fully saturated rings. The Kier molecular flexibility index (Phi) is 4.21. The van der Waals surface area contributed by atoms with E-state index in [1.165, 1.54) is 7.11 Å². The van der Waals surface area contributed by atoms with Gasteiger partial charge in [-0.1, -0.05) is 15.9 Å². The smallest absolute Gasteiger partial charge is 0.235 e. The minimum atomic E-state index is -3.32. The summed E-state index contributed by atoms with van der Waals surface area (Å²) in [5.41, 5.74) is 0.486. The fourth-order valence-corrected chi connectivity index (χ4v) is 2.18. The molecular weight excluding hydrogens is 294 g/mol. The lowest BCUT2D eigenvalue weighted by Gasteiger charge is -2.12. The molecular formula is C10H14BrNO3S. The molecule has 16 heavy (non-hydrogen) atoms. The molecule has 0 unspecified atom stereocenters. The fourth-order valence-electron chi connectivity index (χ4n) is 1.02. The highest BCUT2D eigenvalue weighted by atomic mass is 79.9. The van der Waals surface area contributed by atoms with Crippen molar-refractivity contribution in [2.24, 2.45) is 0 Å². The largest absolute Gasteiger partial charge is 0.497 e. The molecule has 1 N–H and O–H groups in total. The van der Waals surface area contributed by atoms with Crippen molar-refractivity contribution in [1.82, 2.24) is 0 Å². The van der Waals surface area contributed by atoms with E-state index in [0.29, 0.717) is 11.4 Å². The van der Waals surface area contributed by atoms with Gasteiger partial charge in [0.15, 0.2) is 0 Å². The average Bonchev–Trinajstić information content (AvgIpc) is 2.15. The number of rotatable bonds is 4. The summed E-state index contributed by atoms with van der Waals surface area (Å²) in [7, 11) is -1.79. The van der Waals surface area contributed by atoms with Crippen molar-refractivity contribution < 1.29 is 13.2 Å². The van der Waals surface area contributed by atoms with Crippen molar-refractivity contribution in [2.75, 3.05) is 11.8 Å². The lowest BCUT2D eigenvalue weighted by molar-refractivity contribution is 0.415. The van der Waals surface area contributed by atoms with E-state index in [0.717, 1.165) is 4.47 Å². The zero-order valence-corrected chi connectivity index (χ0v) is 11.7. The number of ether oxygens (including phenoxy) is 1. The Labute approximate surface area is 104 Å². The molecule has 6 heteroatoms. The van der Waals surface area contributed by atoms with Gasteiger partial charge < -0.3 is 4.74 Å². The molecule has 0 saturated heterocycles. The number of hydrogen-bond acceptors (Lipinski definition) is 3. The van der Waals surface area contributed by atoms with Gasteiger partial charge in [-0.3, -0.25) is 4.72 Å². The van der Waals surface area contributed by atoms with Crippen LogP contribution in [0.3, 0.4) is 0 Å². The molecule has 1 aromatic rings. The predicted molar refractivity (Wildman–Crippen MR) is 68.4 cm³/mol. The third-order valence-corrected chi connectivity index (χ3v) is 4.21. The summed E-state index contributed by atoms with van der Waals surface area (Å²) in [6.07, 6.45) is 0. The third kappa shape index (κ3) is 3.38. The Balaban J connectivity index is 3.02. The van der Waals surface area contributed by atoms with Crippen LogP contribution in [-0.4, -0.2) is 20.8 Å². The molecule has 0 aromatic heterocycles. The molecule has 4 nitrogen and oxygen atoms in total. The van der Waals surface area contributed by atoms with E-state index >= 15 is 0 Å². The van der Waals surface area contributed by atoms with E-state index in [-0.39, 0.29) is 0 Å². The predicted octanol–water partition coefficient (Wildman–Crippen LogP) is 2.61. The maximum atomic E-state index is 11.6. The molecule has 0 aliphatic rings. The second kappa shape index (κ2) is 5.05. The highest BCUT2D eigenvalue weighted by Gasteiger charge is 2.16. The van der Waals surface area contributed by atoms with Crippen LogP contribution in [-0.2, 0) is 10.0 Å². The first-order valence-corrected chi connectivity index (χ1v) is 7.05. The van der Waals surface area contributed by atoms with Crippen LogP contribution < -0.4 is 9.46 Å². The molecule has 0 amide bonds. The molecule has 0 aliphatic carbocycles. The van der Waals surface area contributed by atoms with E-state index in [1.54, 1.807) is 32.0 Å². The normalized spacial score (nSPS) is 11.6. The number of anilines is 1. The molecule has 0 saturated carbocycles. The Hall–Kier alpha value is -0.750. The van der Waals surface area contributed by atoms with Gasteiger partial charge in [-0.15, -0.1) is 0 Å². The molecule has 0 bridgehead atoms. The maximum absolute atomic E-state index is 11.6. The summed E-state index contributed by atoms with van der Waals surface area (Å²) in [6, 6.07) is 5.07. The maximum Gasteiger partial charge on any atom is 0.235 e. The van der Waals surface area contributed by atoms with Gasteiger partial charge in [0.2, 0.25) is 10.0 Å². The molecule has 1 aromatic carbocycles. The van der Waals surface area contributed by atoms with Crippen LogP contribution in [0.1, 0.15) is 13.8 Å². The van der Waals surface area contributed by atoms with E-state index in [4.69, 9.17) is 4.74 Å². The van der Waals surface area contributed by atoms with Crippen LogP contribution >= 0.6 is 15.9 Å². The fraction of sp³-hybridized carbons (Fsp3) is 0.400. The quantitative estimate of drug-likeness (QED) is 0.930. The minimum absolute atomic E-state index is 0.475. The molecule has 90 valence electrons. The number of methoxy groups -OCH3 is 1. The van der Waals surface area contributed by atoms with Crippen LogP contribution in [0.2, 0.25) is 0 Å². The Morgan fingerprint density at radius 1 is 1.31 bits per heavy atom. The lowest BCUT2D eigenvalue weighted by atomic mass is 10.3. The van der Waals surface area contributed by atoms with Gasteiger partial charge in [0.1, 0.15) is 5.75 Å². The van der Waals surface area contributed by atoms with Crippen LogP contribution in [0, 0.1) is 0 Å². The van der Waals surface area contributed by atoms with Crippen molar-refractivity contribution in [3.63, 3.8) is 0 Å². The van der Waals surface area contributed by atoms with Crippen molar-refractivity contribution in [1.29, 1.82) is 0 Å². The van der Waals surface area contributed by atoms with E-state index in [1.807, 2.05) is 0 Å². The van der Waals surface area contributed by atoms with E-state index < -0.39 is 15.3 Å². The average molecular weight is 308 g/mol. The Morgan fingerprint density at radius 2 is 1.94 bits per heavy atom. The summed E-state index contributed by atoms with van der Waals surface area (Å²) < 4.78 is 31.6. The zero-order valence-electron chi connectivity index (χ0n) is 9.32. The second-order valence-corrected chi connectivity index (χ2v) is 6.73. The molecule has 0 radical (unpaired) electrons. The van der Waals surface area contributed by atoms with Gasteiger partial charge >= 0.3 is 0 Å². The SMILES string of the molecule is COc1cc(Br)cc(NS(=O)(=O)C(C)C)c1. The van der Waals surface area contributed by atoms with Crippen LogP contribution in [0.5, 0.6) is 5.75 Å². The number of halogens is 1. The van der Waals surface area contributed by atoms with E-state index in [9.17, 15) is 8.42 Å². The zero-order chi connectivity index (χ0) is 12.3. The molecule has 0 heterocycles. The molecule has 0 spiro atoms. The number of nitrogens with one attached hydrogen (secondary N) is 1. The first-order valence-electron chi connectivity index (χ1n) is 4.71. The third-order valence-electron chi connectivity index (χ3n) is 1.99. The van der Waals surface area contributed by atoms with Gasteiger partial charge in [-0.2, -0.15) is 0 Å². The number of sulfonamides is 1. The Bertz CT molecular complexity index is 471. The van der Waals surface area contributed by atoms with Crippen LogP contribution in [0.15, 0.2) is 22.7 Å². The first kappa shape index (κ1) is 13.3. The molecule has 1 rings (SSSR count). The van der Waals surface area contributed by atoms with Crippen molar-refractivity contribution in [2.45, 2.75) is 19.1 Å². The van der Waals surface area contributed by atoms with Gasteiger partial charge in [-0.05, 0) is 26.0 Å². The summed E-state index contributed by atoms with van der Waals surface area (Å²) >= 11 is 3.28. The summed E-state index contributed by atoms with van der Waals surface area (Å²) in [5.74, 6) is 0.593.